The maximum atomic E-state index is 14.2. The van der Waals surface area contributed by atoms with Gasteiger partial charge in [-0.15, -0.1) is 8.78 Å². The molecular weight excluding hydrogens is 616 g/mol. The van der Waals surface area contributed by atoms with E-state index in [1.54, 1.807) is 18.2 Å². The quantitative estimate of drug-likeness (QED) is 0.0423. The van der Waals surface area contributed by atoms with Crippen molar-refractivity contribution in [2.24, 2.45) is 0 Å². The number of esters is 1. The van der Waals surface area contributed by atoms with Crippen LogP contribution in [0.25, 0.3) is 22.2 Å². The highest BCUT2D eigenvalue weighted by molar-refractivity contribution is 5.89. The first kappa shape index (κ1) is 37.0. The highest BCUT2D eigenvalue weighted by Gasteiger charge is 2.52. The molecule has 0 saturated carbocycles. The standard InChI is InChI=1S/C34H41F6NO5/c1-6-9-10-11-24-12-15-28(25(7-2)20-24)30-21-26-13-14-27(22-29(26)41(30)8-3)43-18-16-32(35,36)45-34(39,40)46-33(37,38)17-19-44-31(42)23(4)5/h12-15,20-22H,4,6-11,16-19H2,1-3,5H3. The molecule has 1 heterocycles. The van der Waals surface area contributed by atoms with Crippen LogP contribution in [0, 0.1) is 0 Å². The minimum absolute atomic E-state index is 0.104. The second kappa shape index (κ2) is 15.9. The molecule has 254 valence electrons. The van der Waals surface area contributed by atoms with E-state index in [9.17, 15) is 31.1 Å². The summed E-state index contributed by atoms with van der Waals surface area (Å²) in [7, 11) is 0. The van der Waals surface area contributed by atoms with Crippen molar-refractivity contribution in [2.75, 3.05) is 13.2 Å². The van der Waals surface area contributed by atoms with Crippen molar-refractivity contribution in [3.05, 3.63) is 65.7 Å². The molecule has 0 radical (unpaired) electrons. The lowest BCUT2D eigenvalue weighted by Gasteiger charge is -2.26. The average Bonchev–Trinajstić information content (AvgIpc) is 3.33. The van der Waals surface area contributed by atoms with Gasteiger partial charge < -0.3 is 14.0 Å². The van der Waals surface area contributed by atoms with Gasteiger partial charge in [0.2, 0.25) is 0 Å². The number of rotatable bonds is 19. The normalized spacial score (nSPS) is 12.5. The van der Waals surface area contributed by atoms with Gasteiger partial charge in [-0.05, 0) is 62.4 Å². The van der Waals surface area contributed by atoms with Crippen LogP contribution in [0.2, 0.25) is 0 Å². The number of unbranched alkanes of at least 4 members (excludes halogenated alkanes) is 2. The number of alkyl halides is 6. The van der Waals surface area contributed by atoms with Crippen LogP contribution in [0.1, 0.15) is 70.9 Å². The molecule has 0 N–H and O–H groups in total. The lowest BCUT2D eigenvalue weighted by Crippen LogP contribution is -2.41. The number of halogens is 6. The van der Waals surface area contributed by atoms with E-state index in [1.807, 2.05) is 6.92 Å². The van der Waals surface area contributed by atoms with Crippen LogP contribution in [-0.2, 0) is 38.4 Å². The molecule has 12 heteroatoms. The maximum Gasteiger partial charge on any atom is 0.494 e. The summed E-state index contributed by atoms with van der Waals surface area (Å²) in [5, 5.41) is 0.902. The van der Waals surface area contributed by atoms with E-state index in [2.05, 4.69) is 63.5 Å². The number of benzene rings is 2. The number of carbonyl (C=O) groups is 1. The van der Waals surface area contributed by atoms with Gasteiger partial charge in [0.25, 0.3) is 0 Å². The number of nitrogens with zero attached hydrogens (tertiary/aromatic N) is 1. The first-order chi connectivity index (χ1) is 21.6. The minimum atomic E-state index is -5.35. The Hall–Kier alpha value is -3.51. The Morgan fingerprint density at radius 2 is 1.54 bits per heavy atom. The topological polar surface area (TPSA) is 58.9 Å². The summed E-state index contributed by atoms with van der Waals surface area (Å²) < 4.78 is 102. The molecule has 0 unspecified atom stereocenters. The van der Waals surface area contributed by atoms with Crippen LogP contribution in [0.15, 0.2) is 54.6 Å². The van der Waals surface area contributed by atoms with Gasteiger partial charge in [0.15, 0.2) is 0 Å². The summed E-state index contributed by atoms with van der Waals surface area (Å²) in [4.78, 5) is 11.2. The Morgan fingerprint density at radius 3 is 2.15 bits per heavy atom. The Morgan fingerprint density at radius 1 is 0.870 bits per heavy atom. The largest absolute Gasteiger partial charge is 0.494 e. The molecule has 0 amide bonds. The molecule has 3 aromatic rings. The number of ether oxygens (including phenoxy) is 4. The van der Waals surface area contributed by atoms with Crippen LogP contribution in [0.4, 0.5) is 26.3 Å². The van der Waals surface area contributed by atoms with Crippen molar-refractivity contribution in [2.45, 2.75) is 97.7 Å². The molecule has 0 aliphatic carbocycles. The average molecular weight is 658 g/mol. The van der Waals surface area contributed by atoms with Crippen molar-refractivity contribution < 1.29 is 50.1 Å². The molecule has 0 saturated heterocycles. The minimum Gasteiger partial charge on any atom is -0.493 e. The summed E-state index contributed by atoms with van der Waals surface area (Å²) in [5.74, 6) is -0.815. The van der Waals surface area contributed by atoms with E-state index >= 15 is 0 Å². The number of hydrogen-bond acceptors (Lipinski definition) is 5. The predicted octanol–water partition coefficient (Wildman–Crippen LogP) is 9.67. The molecule has 46 heavy (non-hydrogen) atoms. The monoisotopic (exact) mass is 657 g/mol. The summed E-state index contributed by atoms with van der Waals surface area (Å²) in [6.07, 6.45) is -12.1. The van der Waals surface area contributed by atoms with Crippen LogP contribution in [0.3, 0.4) is 0 Å². The van der Waals surface area contributed by atoms with Crippen LogP contribution < -0.4 is 4.74 Å². The first-order valence-corrected chi connectivity index (χ1v) is 15.3. The van der Waals surface area contributed by atoms with Crippen LogP contribution in [-0.4, -0.2) is 42.3 Å². The fraction of sp³-hybridized carbons (Fsp3) is 0.500. The van der Waals surface area contributed by atoms with E-state index in [4.69, 9.17) is 4.74 Å². The molecule has 6 nitrogen and oxygen atoms in total. The molecule has 1 aromatic heterocycles. The number of fused-ring (bicyclic) bond motifs is 1. The van der Waals surface area contributed by atoms with Crippen LogP contribution >= 0.6 is 0 Å². The number of carbonyl (C=O) groups excluding carboxylic acids is 1. The first-order valence-electron chi connectivity index (χ1n) is 15.3. The van der Waals surface area contributed by atoms with Gasteiger partial charge in [0, 0.05) is 34.8 Å². The lowest BCUT2D eigenvalue weighted by molar-refractivity contribution is -0.514. The van der Waals surface area contributed by atoms with Crippen molar-refractivity contribution in [1.29, 1.82) is 0 Å². The summed E-state index contributed by atoms with van der Waals surface area (Å²) in [6, 6.07) is 13.6. The zero-order valence-corrected chi connectivity index (χ0v) is 26.6. The molecule has 0 atom stereocenters. The fourth-order valence-electron chi connectivity index (χ4n) is 4.96. The Kier molecular flexibility index (Phi) is 12.7. The molecule has 0 spiro atoms. The van der Waals surface area contributed by atoms with Gasteiger partial charge >= 0.3 is 24.5 Å². The zero-order chi connectivity index (χ0) is 34.1. The summed E-state index contributed by atoms with van der Waals surface area (Å²) in [6.45, 7) is 9.59. The number of aryl methyl sites for hydroxylation is 3. The van der Waals surface area contributed by atoms with E-state index < -0.39 is 50.5 Å². The van der Waals surface area contributed by atoms with Crippen LogP contribution in [0.5, 0.6) is 5.75 Å². The number of aromatic nitrogens is 1. The summed E-state index contributed by atoms with van der Waals surface area (Å²) in [5.41, 5.74) is 5.30. The summed E-state index contributed by atoms with van der Waals surface area (Å²) >= 11 is 0. The van der Waals surface area contributed by atoms with Gasteiger partial charge in [-0.2, -0.15) is 17.6 Å². The molecule has 0 aliphatic rings. The number of hydrogen-bond donors (Lipinski definition) is 0. The van der Waals surface area contributed by atoms with Gasteiger partial charge in [0.1, 0.15) is 5.75 Å². The second-order valence-corrected chi connectivity index (χ2v) is 11.0. The van der Waals surface area contributed by atoms with Gasteiger partial charge in [-0.3, -0.25) is 0 Å². The maximum absolute atomic E-state index is 14.2. The van der Waals surface area contributed by atoms with Gasteiger partial charge in [0.05, 0.1) is 31.6 Å². The van der Waals surface area contributed by atoms with Gasteiger partial charge in [-0.25, -0.2) is 14.3 Å². The molecule has 0 bridgehead atoms. The third kappa shape index (κ3) is 10.5. The van der Waals surface area contributed by atoms with Gasteiger partial charge in [-0.1, -0.05) is 51.5 Å². The Balaban J connectivity index is 1.65. The Labute approximate surface area is 265 Å². The molecule has 3 rings (SSSR count). The molecule has 2 aromatic carbocycles. The van der Waals surface area contributed by atoms with Crippen molar-refractivity contribution in [1.82, 2.24) is 4.57 Å². The van der Waals surface area contributed by atoms with Crippen molar-refractivity contribution >= 4 is 16.9 Å². The SMILES string of the molecule is C=C(C)C(=O)OCCC(F)(F)OC(F)(F)OC(F)(F)CCOc1ccc2cc(-c3ccc(CCCCC)cc3CC)n(CC)c2c1. The third-order valence-electron chi connectivity index (χ3n) is 7.26. The highest BCUT2D eigenvalue weighted by atomic mass is 19.3. The van der Waals surface area contributed by atoms with E-state index in [-0.39, 0.29) is 11.3 Å². The van der Waals surface area contributed by atoms with E-state index in [1.165, 1.54) is 24.5 Å². The zero-order valence-electron chi connectivity index (χ0n) is 26.6. The molecular formula is C34H41F6NO5. The van der Waals surface area contributed by atoms with Crippen molar-refractivity contribution in [3.63, 3.8) is 0 Å². The highest BCUT2D eigenvalue weighted by Crippen LogP contribution is 2.37. The Bertz CT molecular complexity index is 1490. The third-order valence-corrected chi connectivity index (χ3v) is 7.26. The van der Waals surface area contributed by atoms with E-state index in [0.29, 0.717) is 6.54 Å². The second-order valence-electron chi connectivity index (χ2n) is 11.0. The lowest BCUT2D eigenvalue weighted by atomic mass is 9.97. The van der Waals surface area contributed by atoms with E-state index in [0.717, 1.165) is 47.8 Å². The molecule has 0 aliphatic heterocycles. The van der Waals surface area contributed by atoms with Crippen molar-refractivity contribution in [3.8, 4) is 17.0 Å². The predicted molar refractivity (Wildman–Crippen MR) is 163 cm³/mol. The smallest absolute Gasteiger partial charge is 0.493 e. The molecule has 0 fully saturated rings. The fourth-order valence-corrected chi connectivity index (χ4v) is 4.96.